The van der Waals surface area contributed by atoms with E-state index in [1.165, 1.54) is 0 Å². The van der Waals surface area contributed by atoms with Gasteiger partial charge in [0.15, 0.2) is 0 Å². The van der Waals surface area contributed by atoms with Crippen molar-refractivity contribution in [2.24, 2.45) is 5.11 Å². The zero-order valence-electron chi connectivity index (χ0n) is 25.5. The van der Waals surface area contributed by atoms with E-state index in [2.05, 4.69) is 25.5 Å². The van der Waals surface area contributed by atoms with Crippen molar-refractivity contribution in [2.75, 3.05) is 124 Å². The molecular weight excluding hydrogens is 627 g/mol. The number of nitrogens with one attached hydrogen (secondary N) is 3. The van der Waals surface area contributed by atoms with E-state index in [0.717, 1.165) is 0 Å². The number of carbonyl (C=O) groups excluding carboxylic acids is 3. The summed E-state index contributed by atoms with van der Waals surface area (Å²) < 4.78 is 32.7. The molecule has 0 aromatic heterocycles. The highest BCUT2D eigenvalue weighted by molar-refractivity contribution is 6.18. The van der Waals surface area contributed by atoms with Crippen LogP contribution in [0.15, 0.2) is 5.11 Å². The molecule has 6 N–H and O–H groups in total. The average Bonchev–Trinajstić information content (AvgIpc) is 3.00. The lowest BCUT2D eigenvalue weighted by atomic mass is 10.3. The summed E-state index contributed by atoms with van der Waals surface area (Å²) in [7, 11) is 0. The van der Waals surface area contributed by atoms with Gasteiger partial charge in [0, 0.05) is 62.9 Å². The van der Waals surface area contributed by atoms with E-state index in [4.69, 9.17) is 57.3 Å². The molecule has 0 bridgehead atoms. The molecule has 0 aliphatic carbocycles. The first-order valence-corrected chi connectivity index (χ1v) is 15.1. The van der Waals surface area contributed by atoms with Crippen LogP contribution < -0.4 is 21.6 Å². The molecule has 3 amide bonds. The van der Waals surface area contributed by atoms with Crippen molar-refractivity contribution in [1.82, 2.24) is 26.5 Å². The van der Waals surface area contributed by atoms with E-state index in [0.29, 0.717) is 98.1 Å². The van der Waals surface area contributed by atoms with Gasteiger partial charge >= 0.3 is 0 Å². The zero-order valence-corrected chi connectivity index (χ0v) is 27.0. The standard InChI is InChI=1S/C25H47Cl2N7O9.H3N/c26-4-5-29-23(35)1-11-38-18-21-42-15-9-34(25(37)3-13-40-17-20-41-14-8-32-33-28)10-16-43-22-19-39-12-2-24(36)30-6-7-31-27;/h31H,1-22H2,(H,29,35)(H,30,36);1H3. The molecule has 44 heavy (non-hydrogen) atoms. The number of rotatable bonds is 32. The maximum atomic E-state index is 12.8. The van der Waals surface area contributed by atoms with Crippen molar-refractivity contribution in [2.45, 2.75) is 19.3 Å². The summed E-state index contributed by atoms with van der Waals surface area (Å²) in [6, 6.07) is 0. The first-order chi connectivity index (χ1) is 21.0. The first kappa shape index (κ1) is 44.1. The normalized spacial score (nSPS) is 10.5. The Kier molecular flexibility index (Phi) is 35.5. The molecule has 0 aromatic rings. The van der Waals surface area contributed by atoms with E-state index < -0.39 is 0 Å². The van der Waals surface area contributed by atoms with Gasteiger partial charge in [0.25, 0.3) is 0 Å². The third kappa shape index (κ3) is 31.4. The molecule has 0 saturated heterocycles. The minimum atomic E-state index is -0.122. The van der Waals surface area contributed by atoms with Crippen molar-refractivity contribution < 1.29 is 42.8 Å². The SMILES string of the molecule is N.[N-]=[N+]=NCCOCCOCCC(=O)N(CCOCCOCCC(=O)NCCCl)CCOCCOCCC(=O)NCCNCl. The van der Waals surface area contributed by atoms with Crippen LogP contribution in [0.25, 0.3) is 10.4 Å². The predicted molar refractivity (Wildman–Crippen MR) is 165 cm³/mol. The number of nitrogens with zero attached hydrogens (tertiary/aromatic N) is 4. The topological polar surface area (TPSA) is 230 Å². The summed E-state index contributed by atoms with van der Waals surface area (Å²) in [6.07, 6.45) is 0.666. The van der Waals surface area contributed by atoms with E-state index in [1.807, 2.05) is 0 Å². The fourth-order valence-corrected chi connectivity index (χ4v) is 3.28. The van der Waals surface area contributed by atoms with E-state index >= 15 is 0 Å². The van der Waals surface area contributed by atoms with Gasteiger partial charge in [-0.3, -0.25) is 14.4 Å². The second-order valence-electron chi connectivity index (χ2n) is 8.53. The number of hydrogen-bond acceptors (Lipinski definition) is 12. The lowest BCUT2D eigenvalue weighted by molar-refractivity contribution is -0.134. The summed E-state index contributed by atoms with van der Waals surface area (Å²) >= 11 is 10.9. The minimum absolute atomic E-state index is 0. The monoisotopic (exact) mass is 676 g/mol. The molecule has 0 heterocycles. The Hall–Kier alpha value is -2.02. The fraction of sp³-hybridized carbons (Fsp3) is 0.880. The quantitative estimate of drug-likeness (QED) is 0.0194. The van der Waals surface area contributed by atoms with Crippen LogP contribution in [0.2, 0.25) is 0 Å². The Morgan fingerprint density at radius 2 is 1.11 bits per heavy atom. The van der Waals surface area contributed by atoms with E-state index in [9.17, 15) is 14.4 Å². The lowest BCUT2D eigenvalue weighted by Crippen LogP contribution is -2.37. The number of hydrogen-bond donors (Lipinski definition) is 4. The van der Waals surface area contributed by atoms with Crippen molar-refractivity contribution in [3.63, 3.8) is 0 Å². The van der Waals surface area contributed by atoms with Crippen molar-refractivity contribution in [1.29, 1.82) is 0 Å². The van der Waals surface area contributed by atoms with Gasteiger partial charge in [-0.15, -0.1) is 11.6 Å². The highest BCUT2D eigenvalue weighted by Crippen LogP contribution is 1.98. The molecule has 258 valence electrons. The Morgan fingerprint density at radius 1 is 0.659 bits per heavy atom. The Bertz CT molecular complexity index is 756. The third-order valence-electron chi connectivity index (χ3n) is 5.24. The summed E-state index contributed by atoms with van der Waals surface area (Å²) in [6.45, 7) is 5.94. The number of ether oxygens (including phenoxy) is 6. The Labute approximate surface area is 269 Å². The molecular formula is C25H50Cl2N8O9. The molecule has 0 radical (unpaired) electrons. The lowest BCUT2D eigenvalue weighted by Gasteiger charge is -2.23. The van der Waals surface area contributed by atoms with Crippen molar-refractivity contribution in [3.05, 3.63) is 10.4 Å². The van der Waals surface area contributed by atoms with Crippen LogP contribution in [-0.2, 0) is 42.8 Å². The molecule has 0 atom stereocenters. The average molecular weight is 678 g/mol. The fourth-order valence-electron chi connectivity index (χ4n) is 3.09. The molecule has 0 saturated carbocycles. The van der Waals surface area contributed by atoms with Gasteiger partial charge in [-0.25, -0.2) is 4.84 Å². The van der Waals surface area contributed by atoms with Crippen LogP contribution in [0.5, 0.6) is 0 Å². The molecule has 19 heteroatoms. The highest BCUT2D eigenvalue weighted by Gasteiger charge is 2.13. The van der Waals surface area contributed by atoms with Gasteiger partial charge in [-0.2, -0.15) is 0 Å². The van der Waals surface area contributed by atoms with Gasteiger partial charge in [-0.1, -0.05) is 5.11 Å². The zero-order chi connectivity index (χ0) is 31.6. The molecule has 0 aliphatic rings. The van der Waals surface area contributed by atoms with Crippen LogP contribution in [0.3, 0.4) is 0 Å². The Balaban J connectivity index is 0. The second-order valence-corrected chi connectivity index (χ2v) is 9.18. The van der Waals surface area contributed by atoms with Gasteiger partial charge in [0.05, 0.1) is 85.7 Å². The van der Waals surface area contributed by atoms with Crippen LogP contribution in [-0.4, -0.2) is 147 Å². The smallest absolute Gasteiger partial charge is 0.225 e. The minimum Gasteiger partial charge on any atom is -0.379 e. The molecule has 17 nitrogen and oxygen atoms in total. The van der Waals surface area contributed by atoms with Gasteiger partial charge < -0.3 is 50.1 Å². The Morgan fingerprint density at radius 3 is 1.59 bits per heavy atom. The molecule has 0 rings (SSSR count). The number of alkyl halides is 1. The number of carbonyl (C=O) groups is 3. The second kappa shape index (κ2) is 35.5. The van der Waals surface area contributed by atoms with Crippen LogP contribution >= 0.6 is 23.4 Å². The molecule has 0 aliphatic heterocycles. The maximum Gasteiger partial charge on any atom is 0.225 e. The van der Waals surface area contributed by atoms with Gasteiger partial charge in [-0.05, 0) is 17.3 Å². The van der Waals surface area contributed by atoms with Crippen LogP contribution in [0.4, 0.5) is 0 Å². The summed E-state index contributed by atoms with van der Waals surface area (Å²) in [4.78, 5) is 42.6. The molecule has 0 unspecified atom stereocenters. The summed E-state index contributed by atoms with van der Waals surface area (Å²) in [5, 5.41) is 8.73. The van der Waals surface area contributed by atoms with Crippen LogP contribution in [0.1, 0.15) is 19.3 Å². The summed E-state index contributed by atoms with van der Waals surface area (Å²) in [5.41, 5.74) is 8.23. The van der Waals surface area contributed by atoms with Crippen LogP contribution in [0, 0.1) is 0 Å². The number of halogens is 2. The maximum absolute atomic E-state index is 12.8. The first-order valence-electron chi connectivity index (χ1n) is 14.2. The third-order valence-corrected chi connectivity index (χ3v) is 5.62. The highest BCUT2D eigenvalue weighted by atomic mass is 35.5. The largest absolute Gasteiger partial charge is 0.379 e. The molecule has 0 fully saturated rings. The van der Waals surface area contributed by atoms with E-state index in [1.54, 1.807) is 4.90 Å². The van der Waals surface area contributed by atoms with Crippen molar-refractivity contribution in [3.8, 4) is 0 Å². The van der Waals surface area contributed by atoms with Crippen molar-refractivity contribution >= 4 is 41.1 Å². The van der Waals surface area contributed by atoms with Gasteiger partial charge in [0.1, 0.15) is 0 Å². The van der Waals surface area contributed by atoms with E-state index in [-0.39, 0.29) is 69.5 Å². The summed E-state index contributed by atoms with van der Waals surface area (Å²) in [5.74, 6) is 0.0101. The number of azide groups is 1. The molecule has 0 aromatic carbocycles. The van der Waals surface area contributed by atoms with Gasteiger partial charge in [0.2, 0.25) is 17.7 Å². The number of amides is 3. The predicted octanol–water partition coefficient (Wildman–Crippen LogP) is 0.772. The molecule has 0 spiro atoms.